The topological polar surface area (TPSA) is 66.4 Å². The number of amides is 1. The Hall–Kier alpha value is -1.36. The molecule has 1 aromatic heterocycles. The minimum atomic E-state index is -0.765. The van der Waals surface area contributed by atoms with Gasteiger partial charge in [0.1, 0.15) is 0 Å². The third-order valence-corrected chi connectivity index (χ3v) is 5.05. The van der Waals surface area contributed by atoms with Gasteiger partial charge in [-0.1, -0.05) is 19.4 Å². The Kier molecular flexibility index (Phi) is 5.79. The highest BCUT2D eigenvalue weighted by Gasteiger charge is 2.30. The van der Waals surface area contributed by atoms with E-state index in [0.29, 0.717) is 25.3 Å². The molecule has 4 nitrogen and oxygen atoms in total. The first-order chi connectivity index (χ1) is 10.1. The van der Waals surface area contributed by atoms with Crippen LogP contribution < -0.4 is 5.32 Å². The summed E-state index contributed by atoms with van der Waals surface area (Å²) in [5, 5.41) is 14.1. The van der Waals surface area contributed by atoms with E-state index >= 15 is 0 Å². The summed E-state index contributed by atoms with van der Waals surface area (Å²) < 4.78 is 0. The molecule has 1 saturated carbocycles. The minimum absolute atomic E-state index is 0.0268. The van der Waals surface area contributed by atoms with Gasteiger partial charge < -0.3 is 10.4 Å². The predicted octanol–water partition coefficient (Wildman–Crippen LogP) is 2.93. The van der Waals surface area contributed by atoms with E-state index in [0.717, 1.165) is 19.3 Å². The van der Waals surface area contributed by atoms with Gasteiger partial charge in [0, 0.05) is 17.3 Å². The standard InChI is InChI=1S/C16H23NO3S/c1-11(8-14-6-3-7-21-14)10-17-15(18)12-4-2-5-13(9-12)16(19)20/h3,6-7,11-13H,2,4-5,8-10H2,1H3,(H,17,18)(H,19,20). The highest BCUT2D eigenvalue weighted by molar-refractivity contribution is 7.09. The summed E-state index contributed by atoms with van der Waals surface area (Å²) in [6.07, 6.45) is 3.81. The SMILES string of the molecule is CC(CNC(=O)C1CCCC(C(=O)O)C1)Cc1cccs1. The van der Waals surface area contributed by atoms with E-state index in [1.807, 2.05) is 6.07 Å². The van der Waals surface area contributed by atoms with Gasteiger partial charge in [-0.3, -0.25) is 9.59 Å². The lowest BCUT2D eigenvalue weighted by atomic mass is 9.81. The molecule has 0 spiro atoms. The van der Waals surface area contributed by atoms with Crippen LogP contribution in [0.5, 0.6) is 0 Å². The monoisotopic (exact) mass is 309 g/mol. The molecular formula is C16H23NO3S. The molecule has 5 heteroatoms. The van der Waals surface area contributed by atoms with Crippen molar-refractivity contribution in [3.05, 3.63) is 22.4 Å². The predicted molar refractivity (Wildman–Crippen MR) is 83.3 cm³/mol. The van der Waals surface area contributed by atoms with Crippen LogP contribution in [0.2, 0.25) is 0 Å². The molecule has 3 atom stereocenters. The van der Waals surface area contributed by atoms with Crippen molar-refractivity contribution >= 4 is 23.2 Å². The minimum Gasteiger partial charge on any atom is -0.481 e. The summed E-state index contributed by atoms with van der Waals surface area (Å²) in [4.78, 5) is 24.5. The molecule has 1 heterocycles. The molecule has 1 aliphatic carbocycles. The van der Waals surface area contributed by atoms with Crippen molar-refractivity contribution < 1.29 is 14.7 Å². The van der Waals surface area contributed by atoms with Gasteiger partial charge in [-0.15, -0.1) is 11.3 Å². The molecule has 2 rings (SSSR count). The van der Waals surface area contributed by atoms with E-state index in [-0.39, 0.29) is 17.7 Å². The summed E-state index contributed by atoms with van der Waals surface area (Å²) in [5.41, 5.74) is 0. The molecule has 2 N–H and O–H groups in total. The van der Waals surface area contributed by atoms with Crippen molar-refractivity contribution in [3.8, 4) is 0 Å². The number of carboxylic acid groups (broad SMARTS) is 1. The maximum absolute atomic E-state index is 12.2. The number of thiophene rings is 1. The number of carbonyl (C=O) groups is 2. The number of rotatable bonds is 6. The first-order valence-electron chi connectivity index (χ1n) is 7.59. The van der Waals surface area contributed by atoms with Gasteiger partial charge in [-0.2, -0.15) is 0 Å². The molecule has 0 aromatic carbocycles. The van der Waals surface area contributed by atoms with Gasteiger partial charge in [0.2, 0.25) is 5.91 Å². The van der Waals surface area contributed by atoms with Crippen LogP contribution >= 0.6 is 11.3 Å². The molecule has 1 fully saturated rings. The molecule has 1 aliphatic rings. The van der Waals surface area contributed by atoms with Gasteiger partial charge in [0.15, 0.2) is 0 Å². The highest BCUT2D eigenvalue weighted by atomic mass is 32.1. The molecule has 0 saturated heterocycles. The Bertz CT molecular complexity index is 472. The summed E-state index contributed by atoms with van der Waals surface area (Å²) >= 11 is 1.74. The Morgan fingerprint density at radius 2 is 2.19 bits per heavy atom. The lowest BCUT2D eigenvalue weighted by Gasteiger charge is -2.26. The van der Waals surface area contributed by atoms with Crippen LogP contribution in [0.25, 0.3) is 0 Å². The molecule has 116 valence electrons. The first-order valence-corrected chi connectivity index (χ1v) is 8.47. The van der Waals surface area contributed by atoms with E-state index in [1.54, 1.807) is 11.3 Å². The molecule has 1 aromatic rings. The number of nitrogens with one attached hydrogen (secondary N) is 1. The first kappa shape index (κ1) is 16.0. The number of carboxylic acids is 1. The second-order valence-corrected chi connectivity index (χ2v) is 7.06. The van der Waals surface area contributed by atoms with Crippen molar-refractivity contribution in [1.29, 1.82) is 0 Å². The number of aliphatic carboxylic acids is 1. The molecule has 0 bridgehead atoms. The van der Waals surface area contributed by atoms with Gasteiger partial charge in [0.25, 0.3) is 0 Å². The third-order valence-electron chi connectivity index (χ3n) is 4.15. The van der Waals surface area contributed by atoms with Gasteiger partial charge in [-0.25, -0.2) is 0 Å². The van der Waals surface area contributed by atoms with E-state index in [4.69, 9.17) is 5.11 Å². The zero-order valence-electron chi connectivity index (χ0n) is 12.4. The largest absolute Gasteiger partial charge is 0.481 e. The van der Waals surface area contributed by atoms with Gasteiger partial charge in [-0.05, 0) is 43.0 Å². The lowest BCUT2D eigenvalue weighted by Crippen LogP contribution is -2.37. The van der Waals surface area contributed by atoms with Crippen LogP contribution in [0, 0.1) is 17.8 Å². The zero-order valence-corrected chi connectivity index (χ0v) is 13.2. The van der Waals surface area contributed by atoms with E-state index in [9.17, 15) is 9.59 Å². The number of carbonyl (C=O) groups excluding carboxylic acids is 1. The van der Waals surface area contributed by atoms with Crippen LogP contribution in [-0.4, -0.2) is 23.5 Å². The van der Waals surface area contributed by atoms with E-state index in [1.165, 1.54) is 4.88 Å². The summed E-state index contributed by atoms with van der Waals surface area (Å²) in [5.74, 6) is -0.823. The number of hydrogen-bond acceptors (Lipinski definition) is 3. The van der Waals surface area contributed by atoms with Crippen LogP contribution in [0.4, 0.5) is 0 Å². The average Bonchev–Trinajstić information content (AvgIpc) is 2.97. The smallest absolute Gasteiger partial charge is 0.306 e. The molecular weight excluding hydrogens is 286 g/mol. The zero-order chi connectivity index (χ0) is 15.2. The quantitative estimate of drug-likeness (QED) is 0.849. The van der Waals surface area contributed by atoms with Crippen LogP contribution in [0.15, 0.2) is 17.5 Å². The molecule has 1 amide bonds. The van der Waals surface area contributed by atoms with Crippen molar-refractivity contribution in [2.45, 2.75) is 39.0 Å². The lowest BCUT2D eigenvalue weighted by molar-refractivity contribution is -0.144. The number of hydrogen-bond donors (Lipinski definition) is 2. The highest BCUT2D eigenvalue weighted by Crippen LogP contribution is 2.29. The van der Waals surface area contributed by atoms with E-state index in [2.05, 4.69) is 23.7 Å². The van der Waals surface area contributed by atoms with Crippen molar-refractivity contribution in [3.63, 3.8) is 0 Å². The fourth-order valence-electron chi connectivity index (χ4n) is 2.92. The van der Waals surface area contributed by atoms with Gasteiger partial charge >= 0.3 is 5.97 Å². The van der Waals surface area contributed by atoms with Crippen molar-refractivity contribution in [2.75, 3.05) is 6.54 Å². The molecule has 0 aliphatic heterocycles. The average molecular weight is 309 g/mol. The van der Waals surface area contributed by atoms with Crippen molar-refractivity contribution in [1.82, 2.24) is 5.32 Å². The van der Waals surface area contributed by atoms with Gasteiger partial charge in [0.05, 0.1) is 5.92 Å². The Labute approximate surface area is 129 Å². The van der Waals surface area contributed by atoms with Crippen LogP contribution in [0.3, 0.4) is 0 Å². The fraction of sp³-hybridized carbons (Fsp3) is 0.625. The summed E-state index contributed by atoms with van der Waals surface area (Å²) in [6.45, 7) is 2.78. The van der Waals surface area contributed by atoms with Crippen LogP contribution in [0.1, 0.15) is 37.5 Å². The molecule has 3 unspecified atom stereocenters. The second kappa shape index (κ2) is 7.59. The Balaban J connectivity index is 1.74. The maximum Gasteiger partial charge on any atom is 0.306 e. The Morgan fingerprint density at radius 3 is 2.86 bits per heavy atom. The van der Waals surface area contributed by atoms with Crippen molar-refractivity contribution in [2.24, 2.45) is 17.8 Å². The molecule has 21 heavy (non-hydrogen) atoms. The fourth-order valence-corrected chi connectivity index (χ4v) is 3.79. The normalized spacial score (nSPS) is 23.5. The summed E-state index contributed by atoms with van der Waals surface area (Å²) in [6, 6.07) is 4.15. The molecule has 0 radical (unpaired) electrons. The maximum atomic E-state index is 12.2. The second-order valence-electron chi connectivity index (χ2n) is 6.03. The van der Waals surface area contributed by atoms with E-state index < -0.39 is 5.97 Å². The summed E-state index contributed by atoms with van der Waals surface area (Å²) in [7, 11) is 0. The Morgan fingerprint density at radius 1 is 1.43 bits per heavy atom. The third kappa shape index (κ3) is 4.84. The van der Waals surface area contributed by atoms with Crippen LogP contribution in [-0.2, 0) is 16.0 Å².